The highest BCUT2D eigenvalue weighted by Crippen LogP contribution is 2.41. The van der Waals surface area contributed by atoms with Crippen LogP contribution in [0.4, 0.5) is 16.2 Å². The van der Waals surface area contributed by atoms with Crippen molar-refractivity contribution in [1.29, 1.82) is 0 Å². The highest BCUT2D eigenvalue weighted by molar-refractivity contribution is 9.10. The molecule has 1 atom stereocenters. The predicted octanol–water partition coefficient (Wildman–Crippen LogP) is 6.48. The second-order valence-corrected chi connectivity index (χ2v) is 7.86. The third-order valence-electron chi connectivity index (χ3n) is 4.79. The molecular weight excluding hydrogens is 428 g/mol. The molecule has 4 rings (SSSR count). The minimum Gasteiger partial charge on any atom is -0.487 e. The van der Waals surface area contributed by atoms with Crippen LogP contribution >= 0.6 is 15.9 Å². The fourth-order valence-electron chi connectivity index (χ4n) is 3.40. The Hall–Kier alpha value is -3.05. The van der Waals surface area contributed by atoms with E-state index in [2.05, 4.69) is 44.8 Å². The van der Waals surface area contributed by atoms with E-state index < -0.39 is 0 Å². The van der Waals surface area contributed by atoms with Crippen molar-refractivity contribution in [3.63, 3.8) is 0 Å². The van der Waals surface area contributed by atoms with Crippen LogP contribution in [-0.4, -0.2) is 12.6 Å². The van der Waals surface area contributed by atoms with Gasteiger partial charge in [-0.25, -0.2) is 4.79 Å². The summed E-state index contributed by atoms with van der Waals surface area (Å²) in [6.45, 7) is 2.46. The van der Waals surface area contributed by atoms with E-state index in [1.807, 2.05) is 67.6 Å². The van der Waals surface area contributed by atoms with Crippen LogP contribution in [0.3, 0.4) is 0 Å². The van der Waals surface area contributed by atoms with Gasteiger partial charge in [0.05, 0.1) is 5.69 Å². The van der Waals surface area contributed by atoms with Crippen LogP contribution in [0.15, 0.2) is 83.4 Å². The molecule has 4 nitrogen and oxygen atoms in total. The lowest BCUT2D eigenvalue weighted by Gasteiger charge is -2.20. The van der Waals surface area contributed by atoms with Gasteiger partial charge in [-0.2, -0.15) is 0 Å². The predicted molar refractivity (Wildman–Crippen MR) is 121 cm³/mol. The molecule has 1 aliphatic rings. The molecule has 2 amide bonds. The van der Waals surface area contributed by atoms with Crippen LogP contribution in [-0.2, 0) is 0 Å². The zero-order chi connectivity index (χ0) is 20.2. The summed E-state index contributed by atoms with van der Waals surface area (Å²) >= 11 is 3.58. The second-order valence-electron chi connectivity index (χ2n) is 6.94. The first kappa shape index (κ1) is 19.3. The SMILES string of the molecule is Cc1ccc(NC(=O)Nc2cc(Br)cc3c2OCC=C[C@H]3c2ccccc2)cc1. The van der Waals surface area contributed by atoms with Gasteiger partial charge in [0, 0.05) is 21.6 Å². The summed E-state index contributed by atoms with van der Waals surface area (Å²) < 4.78 is 6.88. The molecule has 0 bridgehead atoms. The maximum absolute atomic E-state index is 12.6. The number of allylic oxidation sites excluding steroid dienone is 1. The van der Waals surface area contributed by atoms with Gasteiger partial charge in [-0.05, 0) is 36.8 Å². The smallest absolute Gasteiger partial charge is 0.323 e. The lowest BCUT2D eigenvalue weighted by Crippen LogP contribution is -2.20. The van der Waals surface area contributed by atoms with Gasteiger partial charge in [-0.3, -0.25) is 0 Å². The Bertz CT molecular complexity index is 1050. The van der Waals surface area contributed by atoms with Crippen molar-refractivity contribution < 1.29 is 9.53 Å². The second kappa shape index (κ2) is 8.53. The average Bonchev–Trinajstić information content (AvgIpc) is 2.93. The van der Waals surface area contributed by atoms with Crippen LogP contribution in [0, 0.1) is 6.92 Å². The molecule has 0 saturated heterocycles. The molecule has 146 valence electrons. The van der Waals surface area contributed by atoms with Gasteiger partial charge in [0.15, 0.2) is 0 Å². The Morgan fingerprint density at radius 3 is 2.55 bits per heavy atom. The standard InChI is InChI=1S/C24H21BrN2O2/c1-16-9-11-19(12-10-16)26-24(28)27-22-15-18(25)14-21-20(8-5-13-29-23(21)22)17-6-3-2-4-7-17/h2-12,14-15,20H,13H2,1H3,(H2,26,27,28)/t20-/m0/s1. The summed E-state index contributed by atoms with van der Waals surface area (Å²) in [7, 11) is 0. The van der Waals surface area contributed by atoms with Gasteiger partial charge < -0.3 is 15.4 Å². The number of amides is 2. The van der Waals surface area contributed by atoms with E-state index in [4.69, 9.17) is 4.74 Å². The van der Waals surface area contributed by atoms with Crippen LogP contribution in [0.25, 0.3) is 0 Å². The summed E-state index contributed by atoms with van der Waals surface area (Å²) in [5.41, 5.74) is 4.68. The van der Waals surface area contributed by atoms with Crippen molar-refractivity contribution in [2.75, 3.05) is 17.2 Å². The average molecular weight is 449 g/mol. The zero-order valence-corrected chi connectivity index (χ0v) is 17.6. The van der Waals surface area contributed by atoms with Gasteiger partial charge in [-0.15, -0.1) is 0 Å². The quantitative estimate of drug-likeness (QED) is 0.450. The van der Waals surface area contributed by atoms with Crippen molar-refractivity contribution in [3.05, 3.63) is 100 Å². The summed E-state index contributed by atoms with van der Waals surface area (Å²) in [5, 5.41) is 5.81. The van der Waals surface area contributed by atoms with Gasteiger partial charge >= 0.3 is 6.03 Å². The zero-order valence-electron chi connectivity index (χ0n) is 16.0. The lowest BCUT2D eigenvalue weighted by atomic mass is 9.90. The van der Waals surface area contributed by atoms with E-state index in [-0.39, 0.29) is 11.9 Å². The fraction of sp³-hybridized carbons (Fsp3) is 0.125. The summed E-state index contributed by atoms with van der Waals surface area (Å²) in [6.07, 6.45) is 4.16. The Balaban J connectivity index is 1.64. The molecule has 0 aromatic heterocycles. The number of hydrogen-bond donors (Lipinski definition) is 2. The van der Waals surface area contributed by atoms with E-state index in [1.165, 1.54) is 5.56 Å². The minimum absolute atomic E-state index is 0.0481. The van der Waals surface area contributed by atoms with Gasteiger partial charge in [-0.1, -0.05) is 76.1 Å². The molecule has 0 radical (unpaired) electrons. The molecule has 1 heterocycles. The molecule has 0 spiro atoms. The van der Waals surface area contributed by atoms with Gasteiger partial charge in [0.2, 0.25) is 0 Å². The Morgan fingerprint density at radius 1 is 1.03 bits per heavy atom. The first-order valence-corrected chi connectivity index (χ1v) is 10.2. The topological polar surface area (TPSA) is 50.4 Å². The van der Waals surface area contributed by atoms with Gasteiger partial charge in [0.25, 0.3) is 0 Å². The maximum Gasteiger partial charge on any atom is 0.323 e. The number of urea groups is 1. The molecule has 3 aromatic rings. The number of anilines is 2. The van der Waals surface area contributed by atoms with E-state index >= 15 is 0 Å². The number of rotatable bonds is 3. The third kappa shape index (κ3) is 4.51. The van der Waals surface area contributed by atoms with Crippen LogP contribution < -0.4 is 15.4 Å². The molecule has 2 N–H and O–H groups in total. The number of carbonyl (C=O) groups excluding carboxylic acids is 1. The summed E-state index contributed by atoms with van der Waals surface area (Å²) in [4.78, 5) is 12.6. The van der Waals surface area contributed by atoms with E-state index in [0.29, 0.717) is 18.0 Å². The van der Waals surface area contributed by atoms with E-state index in [0.717, 1.165) is 21.3 Å². The van der Waals surface area contributed by atoms with Crippen molar-refractivity contribution in [1.82, 2.24) is 0 Å². The number of halogens is 1. The Morgan fingerprint density at radius 2 is 1.79 bits per heavy atom. The molecule has 3 aromatic carbocycles. The Kier molecular flexibility index (Phi) is 5.67. The molecule has 29 heavy (non-hydrogen) atoms. The van der Waals surface area contributed by atoms with Gasteiger partial charge in [0.1, 0.15) is 12.4 Å². The summed E-state index contributed by atoms with van der Waals surface area (Å²) in [6, 6.07) is 21.5. The van der Waals surface area contributed by atoms with Crippen molar-refractivity contribution in [3.8, 4) is 5.75 Å². The molecule has 0 unspecified atom stereocenters. The van der Waals surface area contributed by atoms with Crippen molar-refractivity contribution >= 4 is 33.3 Å². The first-order chi connectivity index (χ1) is 14.1. The number of nitrogens with one attached hydrogen (secondary N) is 2. The highest BCUT2D eigenvalue weighted by Gasteiger charge is 2.22. The van der Waals surface area contributed by atoms with Crippen LogP contribution in [0.5, 0.6) is 5.75 Å². The minimum atomic E-state index is -0.314. The number of aryl methyl sites for hydroxylation is 1. The molecule has 0 fully saturated rings. The largest absolute Gasteiger partial charge is 0.487 e. The summed E-state index contributed by atoms with van der Waals surface area (Å²) in [5.74, 6) is 0.734. The maximum atomic E-state index is 12.6. The number of hydrogen-bond acceptors (Lipinski definition) is 2. The molecule has 5 heteroatoms. The number of benzene rings is 3. The van der Waals surface area contributed by atoms with E-state index in [9.17, 15) is 4.79 Å². The number of ether oxygens (including phenoxy) is 1. The third-order valence-corrected chi connectivity index (χ3v) is 5.24. The van der Waals surface area contributed by atoms with Crippen molar-refractivity contribution in [2.45, 2.75) is 12.8 Å². The monoisotopic (exact) mass is 448 g/mol. The lowest BCUT2D eigenvalue weighted by molar-refractivity contribution is 0.262. The van der Waals surface area contributed by atoms with E-state index in [1.54, 1.807) is 0 Å². The van der Waals surface area contributed by atoms with Crippen LogP contribution in [0.2, 0.25) is 0 Å². The molecule has 1 aliphatic heterocycles. The normalized spacial score (nSPS) is 15.0. The molecule has 0 saturated carbocycles. The molecule has 0 aliphatic carbocycles. The number of carbonyl (C=O) groups is 1. The number of fused-ring (bicyclic) bond motifs is 1. The van der Waals surface area contributed by atoms with Crippen molar-refractivity contribution in [2.24, 2.45) is 0 Å². The first-order valence-electron chi connectivity index (χ1n) is 9.42. The highest BCUT2D eigenvalue weighted by atomic mass is 79.9. The fourth-order valence-corrected chi connectivity index (χ4v) is 3.87. The Labute approximate surface area is 178 Å². The van der Waals surface area contributed by atoms with Crippen LogP contribution in [0.1, 0.15) is 22.6 Å². The molecular formula is C24H21BrN2O2.